The second-order valence-corrected chi connectivity index (χ2v) is 5.57. The first-order chi connectivity index (χ1) is 9.69. The number of benzene rings is 1. The Hall–Kier alpha value is -1.39. The zero-order valence-corrected chi connectivity index (χ0v) is 12.3. The molecule has 4 nitrogen and oxygen atoms in total. The highest BCUT2D eigenvalue weighted by Gasteiger charge is 2.14. The van der Waals surface area contributed by atoms with E-state index in [1.165, 1.54) is 31.5 Å². The van der Waals surface area contributed by atoms with E-state index in [0.29, 0.717) is 0 Å². The van der Waals surface area contributed by atoms with Gasteiger partial charge in [-0.05, 0) is 50.0 Å². The molecule has 4 heteroatoms. The van der Waals surface area contributed by atoms with Crippen LogP contribution in [0.3, 0.4) is 0 Å². The smallest absolute Gasteiger partial charge is 0.241 e. The number of amides is 1. The maximum absolute atomic E-state index is 11.9. The average molecular weight is 275 g/mol. The monoisotopic (exact) mass is 275 g/mol. The van der Waals surface area contributed by atoms with Crippen molar-refractivity contribution in [1.29, 1.82) is 0 Å². The highest BCUT2D eigenvalue weighted by atomic mass is 16.2. The molecule has 0 spiro atoms. The number of likely N-dealkylation sites (tertiary alicyclic amines) is 1. The molecular formula is C16H25N3O. The Morgan fingerprint density at radius 2 is 2.15 bits per heavy atom. The Morgan fingerprint density at radius 3 is 2.85 bits per heavy atom. The molecule has 0 aromatic heterocycles. The molecule has 0 bridgehead atoms. The largest absolute Gasteiger partial charge is 0.325 e. The minimum atomic E-state index is -0.415. The van der Waals surface area contributed by atoms with Crippen LogP contribution < -0.4 is 11.1 Å². The minimum Gasteiger partial charge on any atom is -0.325 e. The Kier molecular flexibility index (Phi) is 5.56. The molecule has 1 aromatic carbocycles. The average Bonchev–Trinajstić information content (AvgIpc) is 2.92. The SMILES string of the molecule is CCC[C@H](N)C(=O)Nc1cccc(CN2CCCC2)c1. The van der Waals surface area contributed by atoms with Crippen molar-refractivity contribution in [1.82, 2.24) is 4.90 Å². The number of anilines is 1. The maximum atomic E-state index is 11.9. The number of carbonyl (C=O) groups is 1. The van der Waals surface area contributed by atoms with Crippen molar-refractivity contribution in [2.24, 2.45) is 5.73 Å². The molecule has 1 aromatic rings. The van der Waals surface area contributed by atoms with Crippen LogP contribution in [0.15, 0.2) is 24.3 Å². The number of nitrogens with two attached hydrogens (primary N) is 1. The molecule has 1 aliphatic rings. The van der Waals surface area contributed by atoms with Crippen LogP contribution in [-0.4, -0.2) is 29.9 Å². The molecule has 3 N–H and O–H groups in total. The van der Waals surface area contributed by atoms with E-state index in [0.717, 1.165) is 25.1 Å². The van der Waals surface area contributed by atoms with E-state index >= 15 is 0 Å². The molecular weight excluding hydrogens is 250 g/mol. The number of hydrogen-bond acceptors (Lipinski definition) is 3. The highest BCUT2D eigenvalue weighted by molar-refractivity contribution is 5.94. The van der Waals surface area contributed by atoms with E-state index in [-0.39, 0.29) is 5.91 Å². The Labute approximate surface area is 121 Å². The van der Waals surface area contributed by atoms with Crippen molar-refractivity contribution < 1.29 is 4.79 Å². The zero-order chi connectivity index (χ0) is 14.4. The normalized spacial score (nSPS) is 17.1. The Morgan fingerprint density at radius 1 is 1.40 bits per heavy atom. The summed E-state index contributed by atoms with van der Waals surface area (Å²) in [5.74, 6) is -0.0924. The lowest BCUT2D eigenvalue weighted by atomic mass is 10.1. The van der Waals surface area contributed by atoms with Crippen LogP contribution in [0.5, 0.6) is 0 Å². The van der Waals surface area contributed by atoms with Gasteiger partial charge in [-0.1, -0.05) is 25.5 Å². The first-order valence-corrected chi connectivity index (χ1v) is 7.57. The van der Waals surface area contributed by atoms with Crippen LogP contribution in [0.25, 0.3) is 0 Å². The summed E-state index contributed by atoms with van der Waals surface area (Å²) in [5, 5.41) is 2.91. The second-order valence-electron chi connectivity index (χ2n) is 5.57. The quantitative estimate of drug-likeness (QED) is 0.838. The van der Waals surface area contributed by atoms with Crippen molar-refractivity contribution in [2.45, 2.75) is 45.2 Å². The van der Waals surface area contributed by atoms with Crippen molar-refractivity contribution >= 4 is 11.6 Å². The number of nitrogens with zero attached hydrogens (tertiary/aromatic N) is 1. The van der Waals surface area contributed by atoms with Gasteiger partial charge < -0.3 is 11.1 Å². The summed E-state index contributed by atoms with van der Waals surface area (Å²) < 4.78 is 0. The second kappa shape index (κ2) is 7.41. The van der Waals surface area contributed by atoms with Gasteiger partial charge in [0.1, 0.15) is 0 Å². The molecule has 1 saturated heterocycles. The summed E-state index contributed by atoms with van der Waals surface area (Å²) in [5.41, 5.74) is 7.92. The summed E-state index contributed by atoms with van der Waals surface area (Å²) in [4.78, 5) is 14.4. The molecule has 0 radical (unpaired) electrons. The van der Waals surface area contributed by atoms with Crippen LogP contribution in [0.1, 0.15) is 38.2 Å². The minimum absolute atomic E-state index is 0.0924. The van der Waals surface area contributed by atoms with Gasteiger partial charge in [0.2, 0.25) is 5.91 Å². The lowest BCUT2D eigenvalue weighted by molar-refractivity contribution is -0.117. The predicted molar refractivity (Wildman–Crippen MR) is 82.5 cm³/mol. The fraction of sp³-hybridized carbons (Fsp3) is 0.562. The van der Waals surface area contributed by atoms with Crippen LogP contribution in [0.4, 0.5) is 5.69 Å². The zero-order valence-electron chi connectivity index (χ0n) is 12.3. The molecule has 20 heavy (non-hydrogen) atoms. The predicted octanol–water partition coefficient (Wildman–Crippen LogP) is 2.35. The van der Waals surface area contributed by atoms with Crippen molar-refractivity contribution in [3.8, 4) is 0 Å². The van der Waals surface area contributed by atoms with E-state index < -0.39 is 6.04 Å². The third-order valence-corrected chi connectivity index (χ3v) is 3.74. The summed E-state index contributed by atoms with van der Waals surface area (Å²) >= 11 is 0. The lowest BCUT2D eigenvalue weighted by Gasteiger charge is -2.16. The topological polar surface area (TPSA) is 58.4 Å². The standard InChI is InChI=1S/C16H25N3O/c1-2-6-15(17)16(20)18-14-8-5-7-13(11-14)12-19-9-3-4-10-19/h5,7-8,11,15H,2-4,6,9-10,12,17H2,1H3,(H,18,20)/t15-/m0/s1. The third kappa shape index (κ3) is 4.32. The lowest BCUT2D eigenvalue weighted by Crippen LogP contribution is -2.35. The number of hydrogen-bond donors (Lipinski definition) is 2. The molecule has 1 atom stereocenters. The van der Waals surface area contributed by atoms with E-state index in [2.05, 4.69) is 22.3 Å². The van der Waals surface area contributed by atoms with Gasteiger partial charge in [0.05, 0.1) is 6.04 Å². The van der Waals surface area contributed by atoms with Gasteiger partial charge >= 0.3 is 0 Å². The van der Waals surface area contributed by atoms with E-state index in [1.54, 1.807) is 0 Å². The van der Waals surface area contributed by atoms with Crippen molar-refractivity contribution in [2.75, 3.05) is 18.4 Å². The van der Waals surface area contributed by atoms with Gasteiger partial charge in [0.25, 0.3) is 0 Å². The summed E-state index contributed by atoms with van der Waals surface area (Å²) in [6.07, 6.45) is 4.23. The molecule has 1 aliphatic heterocycles. The Bertz CT molecular complexity index is 441. The van der Waals surface area contributed by atoms with Gasteiger partial charge in [-0.25, -0.2) is 0 Å². The summed E-state index contributed by atoms with van der Waals surface area (Å²) in [6, 6.07) is 7.66. The first kappa shape index (κ1) is 15.0. The van der Waals surface area contributed by atoms with Crippen LogP contribution in [-0.2, 0) is 11.3 Å². The molecule has 0 saturated carbocycles. The van der Waals surface area contributed by atoms with Crippen molar-refractivity contribution in [3.05, 3.63) is 29.8 Å². The first-order valence-electron chi connectivity index (χ1n) is 7.57. The fourth-order valence-corrected chi connectivity index (χ4v) is 2.62. The molecule has 1 heterocycles. The van der Waals surface area contributed by atoms with Gasteiger partial charge in [-0.15, -0.1) is 0 Å². The molecule has 1 fully saturated rings. The highest BCUT2D eigenvalue weighted by Crippen LogP contribution is 2.16. The van der Waals surface area contributed by atoms with Gasteiger partial charge in [-0.3, -0.25) is 9.69 Å². The van der Waals surface area contributed by atoms with E-state index in [9.17, 15) is 4.79 Å². The van der Waals surface area contributed by atoms with Gasteiger partial charge in [-0.2, -0.15) is 0 Å². The number of rotatable bonds is 6. The molecule has 110 valence electrons. The van der Waals surface area contributed by atoms with E-state index in [1.807, 2.05) is 19.1 Å². The third-order valence-electron chi connectivity index (χ3n) is 3.74. The molecule has 0 aliphatic carbocycles. The summed E-state index contributed by atoms with van der Waals surface area (Å²) in [7, 11) is 0. The summed E-state index contributed by atoms with van der Waals surface area (Å²) in [6.45, 7) is 5.35. The number of nitrogens with one attached hydrogen (secondary N) is 1. The number of carbonyl (C=O) groups excluding carboxylic acids is 1. The van der Waals surface area contributed by atoms with Crippen molar-refractivity contribution in [3.63, 3.8) is 0 Å². The van der Waals surface area contributed by atoms with Crippen LogP contribution >= 0.6 is 0 Å². The molecule has 1 amide bonds. The van der Waals surface area contributed by atoms with Gasteiger partial charge in [0, 0.05) is 12.2 Å². The maximum Gasteiger partial charge on any atom is 0.241 e. The van der Waals surface area contributed by atoms with Crippen LogP contribution in [0.2, 0.25) is 0 Å². The van der Waals surface area contributed by atoms with E-state index in [4.69, 9.17) is 5.73 Å². The Balaban J connectivity index is 1.93. The van der Waals surface area contributed by atoms with Gasteiger partial charge in [0.15, 0.2) is 0 Å². The molecule has 2 rings (SSSR count). The molecule has 0 unspecified atom stereocenters. The fourth-order valence-electron chi connectivity index (χ4n) is 2.62. The van der Waals surface area contributed by atoms with Crippen LogP contribution in [0, 0.1) is 0 Å².